The maximum Gasteiger partial charge on any atom is 0.324 e. The summed E-state index contributed by atoms with van der Waals surface area (Å²) in [5.74, 6) is -1.61. The summed E-state index contributed by atoms with van der Waals surface area (Å²) in [5.41, 5.74) is 0. The van der Waals surface area contributed by atoms with Crippen LogP contribution in [0.3, 0.4) is 0 Å². The van der Waals surface area contributed by atoms with Crippen LogP contribution in [-0.2, 0) is 61.3 Å². The van der Waals surface area contributed by atoms with E-state index in [0.717, 1.165) is 13.8 Å². The average Bonchev–Trinajstić information content (AvgIpc) is 2.41. The first kappa shape index (κ1) is 26.9. The fourth-order valence-electron chi connectivity index (χ4n) is 1.58. The number of esters is 2. The van der Waals surface area contributed by atoms with Crippen molar-refractivity contribution in [2.75, 3.05) is 12.5 Å². The summed E-state index contributed by atoms with van der Waals surface area (Å²) in [4.78, 5) is 22.0. The normalized spacial score (nSPS) is 16.8. The van der Waals surface area contributed by atoms with Crippen molar-refractivity contribution in [2.24, 2.45) is 0 Å². The molecular formula is C12H23O13PS2. The second kappa shape index (κ2) is 11.2. The van der Waals surface area contributed by atoms with Gasteiger partial charge in [0, 0.05) is 13.8 Å². The van der Waals surface area contributed by atoms with Crippen molar-refractivity contribution in [3.05, 3.63) is 0 Å². The second-order valence-corrected chi connectivity index (χ2v) is 9.63. The molecule has 0 aromatic rings. The van der Waals surface area contributed by atoms with Gasteiger partial charge in [-0.25, -0.2) is 8.37 Å². The molecule has 0 saturated heterocycles. The molecule has 0 unspecified atom stereocenters. The molecule has 4 atom stereocenters. The zero-order valence-corrected chi connectivity index (χ0v) is 18.6. The van der Waals surface area contributed by atoms with E-state index in [4.69, 9.17) is 18.5 Å². The van der Waals surface area contributed by atoms with Gasteiger partial charge in [0.05, 0.1) is 12.5 Å². The lowest BCUT2D eigenvalue weighted by Crippen LogP contribution is -2.35. The summed E-state index contributed by atoms with van der Waals surface area (Å²) in [6.45, 7) is 4.45. The topological polar surface area (TPSA) is 175 Å². The van der Waals surface area contributed by atoms with Crippen LogP contribution in [0, 0.1) is 0 Å². The van der Waals surface area contributed by atoms with Gasteiger partial charge >= 0.3 is 20.2 Å². The molecule has 0 bridgehead atoms. The monoisotopic (exact) mass is 470 g/mol. The van der Waals surface area contributed by atoms with Gasteiger partial charge in [-0.15, -0.1) is 0 Å². The molecule has 0 spiro atoms. The van der Waals surface area contributed by atoms with Crippen molar-refractivity contribution in [1.29, 1.82) is 0 Å². The molecule has 0 aliphatic rings. The Morgan fingerprint density at radius 2 is 1.04 bits per heavy atom. The van der Waals surface area contributed by atoms with E-state index in [-0.39, 0.29) is 0 Å². The Kier molecular flexibility index (Phi) is 10.8. The molecule has 13 nitrogen and oxygen atoms in total. The highest BCUT2D eigenvalue weighted by Crippen LogP contribution is 2.32. The molecule has 0 fully saturated rings. The summed E-state index contributed by atoms with van der Waals surface area (Å²) in [7, 11) is -12.0. The molecule has 0 aliphatic carbocycles. The fraction of sp³-hybridized carbons (Fsp3) is 0.833. The molecule has 0 aromatic heterocycles. The van der Waals surface area contributed by atoms with E-state index in [9.17, 15) is 31.0 Å². The van der Waals surface area contributed by atoms with Crippen molar-refractivity contribution in [3.8, 4) is 0 Å². The summed E-state index contributed by atoms with van der Waals surface area (Å²) in [6.07, 6.45) is -5.06. The zero-order chi connectivity index (χ0) is 22.3. The predicted molar refractivity (Wildman–Crippen MR) is 93.1 cm³/mol. The summed E-state index contributed by atoms with van der Waals surface area (Å²) in [6, 6.07) is 0. The lowest BCUT2D eigenvalue weighted by atomic mass is 10.4. The van der Waals surface area contributed by atoms with Crippen LogP contribution in [0.25, 0.3) is 0 Å². The lowest BCUT2D eigenvalue weighted by molar-refractivity contribution is -0.166. The molecule has 0 radical (unpaired) electrons. The summed E-state index contributed by atoms with van der Waals surface area (Å²) < 4.78 is 85.6. The number of hydrogen-bond acceptors (Lipinski definition) is 13. The molecule has 28 heavy (non-hydrogen) atoms. The van der Waals surface area contributed by atoms with E-state index in [1.165, 1.54) is 13.8 Å². The third kappa shape index (κ3) is 13.1. The summed E-state index contributed by atoms with van der Waals surface area (Å²) in [5, 5.41) is 0. The van der Waals surface area contributed by atoms with Crippen molar-refractivity contribution in [2.45, 2.75) is 52.5 Å². The SMILES string of the molecule is CC(=O)O[C@@H](C)[C@@H](O[PH](=O)O[C@@H](OS(C)(=O)=O)[C@H](C)OC(C)=O)OS(C)(=O)=O. The van der Waals surface area contributed by atoms with Gasteiger partial charge in [-0.2, -0.15) is 16.8 Å². The molecule has 16 heteroatoms. The molecule has 0 N–H and O–H groups in total. The Morgan fingerprint density at radius 1 is 0.750 bits per heavy atom. The largest absolute Gasteiger partial charge is 0.457 e. The average molecular weight is 470 g/mol. The standard InChI is InChI=1S/C12H23O13PS2/c1-7(20-9(3)13)11(24-27(5,16)17)22-26(15)23-12(25-28(6,18)19)8(2)21-10(4)14/h7-8,11-12,26H,1-6H3/t7-,8-,11-,12-/m0/s1. The van der Waals surface area contributed by atoms with Crippen LogP contribution in [0.2, 0.25) is 0 Å². The van der Waals surface area contributed by atoms with E-state index in [0.29, 0.717) is 12.5 Å². The first-order valence-corrected chi connectivity index (χ1v) is 12.3. The Bertz CT molecular complexity index is 711. The van der Waals surface area contributed by atoms with Crippen molar-refractivity contribution in [1.82, 2.24) is 0 Å². The molecular weight excluding hydrogens is 447 g/mol. The highest BCUT2D eigenvalue weighted by Gasteiger charge is 2.32. The quantitative estimate of drug-likeness (QED) is 0.160. The van der Waals surface area contributed by atoms with Crippen LogP contribution in [0.4, 0.5) is 0 Å². The van der Waals surface area contributed by atoms with Crippen LogP contribution >= 0.6 is 8.25 Å². The van der Waals surface area contributed by atoms with Gasteiger partial charge in [0.1, 0.15) is 0 Å². The number of rotatable bonds is 12. The van der Waals surface area contributed by atoms with Gasteiger partial charge in [-0.1, -0.05) is 0 Å². The first-order valence-electron chi connectivity index (χ1n) is 7.48. The van der Waals surface area contributed by atoms with Crippen molar-refractivity contribution < 1.29 is 57.9 Å². The lowest BCUT2D eigenvalue weighted by Gasteiger charge is -2.25. The van der Waals surface area contributed by atoms with Crippen LogP contribution in [-0.4, -0.2) is 66.1 Å². The number of carbonyl (C=O) groups excluding carboxylic acids is 2. The highest BCUT2D eigenvalue weighted by molar-refractivity contribution is 7.86. The molecule has 0 aliphatic heterocycles. The molecule has 0 heterocycles. The second-order valence-electron chi connectivity index (χ2n) is 5.45. The van der Waals surface area contributed by atoms with E-state index < -0.39 is 65.2 Å². The predicted octanol–water partition coefficient (Wildman–Crippen LogP) is -0.0829. The minimum atomic E-state index is -4.13. The van der Waals surface area contributed by atoms with E-state index >= 15 is 0 Å². The Morgan fingerprint density at radius 3 is 1.25 bits per heavy atom. The third-order valence-electron chi connectivity index (χ3n) is 2.43. The number of ether oxygens (including phenoxy) is 2. The van der Waals surface area contributed by atoms with Gasteiger partial charge in [0.25, 0.3) is 20.2 Å². The van der Waals surface area contributed by atoms with Crippen molar-refractivity contribution in [3.63, 3.8) is 0 Å². The van der Waals surface area contributed by atoms with E-state index in [1.54, 1.807) is 0 Å². The van der Waals surface area contributed by atoms with E-state index in [1.807, 2.05) is 0 Å². The number of hydrogen-bond donors (Lipinski definition) is 0. The van der Waals surface area contributed by atoms with E-state index in [2.05, 4.69) is 8.37 Å². The first-order chi connectivity index (χ1) is 12.5. The van der Waals surface area contributed by atoms with Gasteiger partial charge in [0.2, 0.25) is 12.6 Å². The fourth-order valence-corrected chi connectivity index (χ4v) is 3.72. The van der Waals surface area contributed by atoms with Crippen LogP contribution < -0.4 is 0 Å². The van der Waals surface area contributed by atoms with Crippen molar-refractivity contribution >= 4 is 40.4 Å². The molecule has 0 amide bonds. The van der Waals surface area contributed by atoms with Gasteiger partial charge in [0.15, 0.2) is 12.2 Å². The van der Waals surface area contributed by atoms with Gasteiger partial charge < -0.3 is 9.47 Å². The van der Waals surface area contributed by atoms with Gasteiger partial charge in [-0.3, -0.25) is 23.2 Å². The zero-order valence-electron chi connectivity index (χ0n) is 15.9. The maximum atomic E-state index is 12.1. The maximum absolute atomic E-state index is 12.1. The smallest absolute Gasteiger partial charge is 0.324 e. The molecule has 0 saturated carbocycles. The van der Waals surface area contributed by atoms with Crippen LogP contribution in [0.15, 0.2) is 0 Å². The molecule has 0 aromatic carbocycles. The Labute approximate surface area is 163 Å². The van der Waals surface area contributed by atoms with Gasteiger partial charge in [-0.05, 0) is 13.8 Å². The molecule has 166 valence electrons. The minimum absolute atomic E-state index is 0.667. The highest BCUT2D eigenvalue weighted by atomic mass is 32.2. The van der Waals surface area contributed by atoms with Crippen LogP contribution in [0.1, 0.15) is 27.7 Å². The Balaban J connectivity index is 5.36. The third-order valence-corrected chi connectivity index (χ3v) is 4.36. The Hall–Kier alpha value is -1.09. The minimum Gasteiger partial charge on any atom is -0.457 e. The van der Waals surface area contributed by atoms with Crippen LogP contribution in [0.5, 0.6) is 0 Å². The number of carbonyl (C=O) groups is 2. The molecule has 0 rings (SSSR count). The summed E-state index contributed by atoms with van der Waals surface area (Å²) >= 11 is 0.